The smallest absolute Gasteiger partial charge is 0.220 e. The van der Waals surface area contributed by atoms with Crippen molar-refractivity contribution in [3.63, 3.8) is 0 Å². The van der Waals surface area contributed by atoms with Gasteiger partial charge in [0.2, 0.25) is 5.91 Å². The summed E-state index contributed by atoms with van der Waals surface area (Å²) >= 11 is 0. The molecule has 0 fully saturated rings. The minimum absolute atomic E-state index is 0.167. The second kappa shape index (κ2) is 7.28. The lowest BCUT2D eigenvalue weighted by molar-refractivity contribution is -0.118. The van der Waals surface area contributed by atoms with E-state index in [1.165, 1.54) is 0 Å². The normalized spacial score (nSPS) is 11.7. The molecule has 1 amide bonds. The minimum Gasteiger partial charge on any atom is -0.493 e. The fourth-order valence-corrected chi connectivity index (χ4v) is 1.88. The van der Waals surface area contributed by atoms with E-state index in [2.05, 4.69) is 17.2 Å². The van der Waals surface area contributed by atoms with Crippen LogP contribution in [-0.4, -0.2) is 17.5 Å². The molecule has 2 aromatic rings. The molecule has 2 rings (SSSR count). The van der Waals surface area contributed by atoms with Gasteiger partial charge in [0.15, 0.2) is 0 Å². The number of hydrogen-bond acceptors (Lipinski definition) is 4. The van der Waals surface area contributed by atoms with Gasteiger partial charge in [-0.25, -0.2) is 0 Å². The molecule has 0 bridgehead atoms. The lowest BCUT2D eigenvalue weighted by atomic mass is 10.1. The van der Waals surface area contributed by atoms with Gasteiger partial charge in [0.25, 0.3) is 0 Å². The van der Waals surface area contributed by atoms with Gasteiger partial charge in [-0.2, -0.15) is 0 Å². The van der Waals surface area contributed by atoms with Crippen LogP contribution in [0.4, 0.5) is 5.69 Å². The van der Waals surface area contributed by atoms with Gasteiger partial charge in [-0.05, 0) is 42.8 Å². The molecule has 1 aromatic carbocycles. The third kappa shape index (κ3) is 4.80. The molecule has 0 spiro atoms. The molecule has 0 aliphatic rings. The fraction of sp³-hybridized carbons (Fsp3) is 0.250. The number of carbonyl (C=O) groups excluding carboxylic acids is 1. The molecule has 1 atom stereocenters. The molecule has 0 saturated heterocycles. The van der Waals surface area contributed by atoms with Crippen LogP contribution < -0.4 is 15.8 Å². The summed E-state index contributed by atoms with van der Waals surface area (Å²) in [5.41, 5.74) is 7.18. The lowest BCUT2D eigenvalue weighted by Crippen LogP contribution is -2.14. The van der Waals surface area contributed by atoms with Crippen molar-refractivity contribution in [3.05, 3.63) is 54.4 Å². The zero-order valence-electron chi connectivity index (χ0n) is 12.0. The van der Waals surface area contributed by atoms with Crippen molar-refractivity contribution in [2.75, 3.05) is 11.9 Å². The fourth-order valence-electron chi connectivity index (χ4n) is 1.88. The highest BCUT2D eigenvalue weighted by Crippen LogP contribution is 2.21. The quantitative estimate of drug-likeness (QED) is 0.819. The number of benzene rings is 1. The second-order valence-electron chi connectivity index (χ2n) is 4.74. The summed E-state index contributed by atoms with van der Waals surface area (Å²) in [5.74, 6) is 0.356. The highest BCUT2D eigenvalue weighted by atomic mass is 16.5. The van der Waals surface area contributed by atoms with Gasteiger partial charge in [0.1, 0.15) is 5.75 Å². The Morgan fingerprint density at radius 2 is 2.10 bits per heavy atom. The summed E-state index contributed by atoms with van der Waals surface area (Å²) < 4.78 is 5.42. The number of aromatic nitrogens is 1. The number of amides is 1. The number of nitrogens with one attached hydrogen (secondary N) is 1. The Bertz CT molecular complexity index is 570. The van der Waals surface area contributed by atoms with Gasteiger partial charge in [0.05, 0.1) is 19.1 Å². The third-order valence-corrected chi connectivity index (χ3v) is 3.04. The van der Waals surface area contributed by atoms with E-state index in [1.807, 2.05) is 42.6 Å². The van der Waals surface area contributed by atoms with E-state index < -0.39 is 0 Å². The summed E-state index contributed by atoms with van der Waals surface area (Å²) in [7, 11) is 0. The molecule has 0 aliphatic heterocycles. The van der Waals surface area contributed by atoms with Crippen LogP contribution in [0.5, 0.6) is 5.75 Å². The maximum Gasteiger partial charge on any atom is 0.220 e. The first-order valence-electron chi connectivity index (χ1n) is 6.83. The van der Waals surface area contributed by atoms with Crippen molar-refractivity contribution in [1.82, 2.24) is 4.98 Å². The van der Waals surface area contributed by atoms with Gasteiger partial charge in [-0.1, -0.05) is 6.07 Å². The molecular weight excluding hydrogens is 266 g/mol. The minimum atomic E-state index is -0.362. The van der Waals surface area contributed by atoms with E-state index in [4.69, 9.17) is 10.5 Å². The summed E-state index contributed by atoms with van der Waals surface area (Å²) in [6.45, 7) is 2.38. The maximum atomic E-state index is 10.6. The summed E-state index contributed by atoms with van der Waals surface area (Å²) in [6.07, 6.45) is 3.82. The molecule has 0 aliphatic carbocycles. The van der Waals surface area contributed by atoms with Gasteiger partial charge in [-0.3, -0.25) is 9.78 Å². The standard InChI is InChI=1S/C16H19N3O2/c1-12(13-3-2-9-18-11-13)19-14-4-6-15(7-5-14)21-10-8-16(17)20/h2-7,9,11-12,19H,8,10H2,1H3,(H2,17,20). The van der Waals surface area contributed by atoms with Gasteiger partial charge in [0, 0.05) is 18.1 Å². The lowest BCUT2D eigenvalue weighted by Gasteiger charge is -2.15. The summed E-state index contributed by atoms with van der Waals surface area (Å²) in [6, 6.07) is 11.7. The molecule has 5 heteroatoms. The van der Waals surface area contributed by atoms with Crippen LogP contribution >= 0.6 is 0 Å². The SMILES string of the molecule is CC(Nc1ccc(OCCC(N)=O)cc1)c1cccnc1. The number of anilines is 1. The van der Waals surface area contributed by atoms with Crippen molar-refractivity contribution in [2.24, 2.45) is 5.73 Å². The Morgan fingerprint density at radius 3 is 2.71 bits per heavy atom. The highest BCUT2D eigenvalue weighted by molar-refractivity contribution is 5.73. The van der Waals surface area contributed by atoms with Gasteiger partial charge in [-0.15, -0.1) is 0 Å². The van der Waals surface area contributed by atoms with Gasteiger partial charge < -0.3 is 15.8 Å². The molecule has 5 nitrogen and oxygen atoms in total. The number of primary amides is 1. The average molecular weight is 285 g/mol. The number of carbonyl (C=O) groups is 1. The van der Waals surface area contributed by atoms with Crippen LogP contribution in [0.2, 0.25) is 0 Å². The van der Waals surface area contributed by atoms with Crippen LogP contribution in [0.3, 0.4) is 0 Å². The summed E-state index contributed by atoms with van der Waals surface area (Å²) in [5, 5.41) is 3.39. The zero-order chi connectivity index (χ0) is 15.1. The molecule has 3 N–H and O–H groups in total. The van der Waals surface area contributed by atoms with Crippen molar-refractivity contribution >= 4 is 11.6 Å². The molecule has 0 saturated carbocycles. The Morgan fingerprint density at radius 1 is 1.33 bits per heavy atom. The van der Waals surface area contributed by atoms with Gasteiger partial charge >= 0.3 is 0 Å². The van der Waals surface area contributed by atoms with Crippen molar-refractivity contribution in [3.8, 4) is 5.75 Å². The number of ether oxygens (including phenoxy) is 1. The Hall–Kier alpha value is -2.56. The first-order valence-corrected chi connectivity index (χ1v) is 6.83. The number of nitrogens with zero attached hydrogens (tertiary/aromatic N) is 1. The molecular formula is C16H19N3O2. The Kier molecular flexibility index (Phi) is 5.15. The van der Waals surface area contributed by atoms with E-state index in [1.54, 1.807) is 6.20 Å². The molecule has 1 unspecified atom stereocenters. The third-order valence-electron chi connectivity index (χ3n) is 3.04. The first kappa shape index (κ1) is 14.8. The van der Waals surface area contributed by atoms with Crippen LogP contribution in [0.1, 0.15) is 24.9 Å². The van der Waals surface area contributed by atoms with E-state index in [-0.39, 0.29) is 18.4 Å². The molecule has 21 heavy (non-hydrogen) atoms. The average Bonchev–Trinajstić information content (AvgIpc) is 2.49. The summed E-state index contributed by atoms with van der Waals surface area (Å²) in [4.78, 5) is 14.7. The topological polar surface area (TPSA) is 77.2 Å². The van der Waals surface area contributed by atoms with E-state index in [0.717, 1.165) is 17.0 Å². The number of pyridine rings is 1. The molecule has 0 radical (unpaired) electrons. The monoisotopic (exact) mass is 285 g/mol. The van der Waals surface area contributed by atoms with E-state index in [9.17, 15) is 4.79 Å². The Balaban J connectivity index is 1.89. The number of rotatable bonds is 7. The van der Waals surface area contributed by atoms with E-state index in [0.29, 0.717) is 6.61 Å². The molecule has 1 aromatic heterocycles. The van der Waals surface area contributed by atoms with Crippen LogP contribution in [0.15, 0.2) is 48.8 Å². The zero-order valence-corrected chi connectivity index (χ0v) is 12.0. The predicted octanol–water partition coefficient (Wildman–Crippen LogP) is 2.51. The van der Waals surface area contributed by atoms with Crippen LogP contribution in [0, 0.1) is 0 Å². The second-order valence-corrected chi connectivity index (χ2v) is 4.74. The number of nitrogens with two attached hydrogens (primary N) is 1. The molecule has 1 heterocycles. The highest BCUT2D eigenvalue weighted by Gasteiger charge is 2.05. The maximum absolute atomic E-state index is 10.6. The van der Waals surface area contributed by atoms with Crippen molar-refractivity contribution in [1.29, 1.82) is 0 Å². The van der Waals surface area contributed by atoms with Crippen molar-refractivity contribution < 1.29 is 9.53 Å². The van der Waals surface area contributed by atoms with Crippen LogP contribution in [-0.2, 0) is 4.79 Å². The first-order chi connectivity index (χ1) is 10.1. The number of hydrogen-bond donors (Lipinski definition) is 2. The van der Waals surface area contributed by atoms with E-state index >= 15 is 0 Å². The van der Waals surface area contributed by atoms with Crippen molar-refractivity contribution in [2.45, 2.75) is 19.4 Å². The Labute approximate surface area is 124 Å². The molecule has 110 valence electrons. The van der Waals surface area contributed by atoms with Crippen LogP contribution in [0.25, 0.3) is 0 Å². The largest absolute Gasteiger partial charge is 0.493 e. The predicted molar refractivity (Wildman–Crippen MR) is 82.0 cm³/mol.